The van der Waals surface area contributed by atoms with Crippen molar-refractivity contribution in [3.05, 3.63) is 69.3 Å². The van der Waals surface area contributed by atoms with Crippen LogP contribution < -0.4 is 14.2 Å². The van der Waals surface area contributed by atoms with Crippen LogP contribution in [0.5, 0.6) is 6.01 Å². The van der Waals surface area contributed by atoms with Crippen LogP contribution in [0.4, 0.5) is 0 Å². The highest BCUT2D eigenvalue weighted by molar-refractivity contribution is 9.10. The molecule has 0 bridgehead atoms. The Morgan fingerprint density at radius 1 is 1.10 bits per heavy atom. The lowest BCUT2D eigenvalue weighted by Crippen LogP contribution is -2.61. The third-order valence-electron chi connectivity index (χ3n) is 5.29. The van der Waals surface area contributed by atoms with E-state index >= 15 is 0 Å². The van der Waals surface area contributed by atoms with E-state index in [9.17, 15) is 20.4 Å². The van der Waals surface area contributed by atoms with E-state index in [2.05, 4.69) is 62.8 Å². The van der Waals surface area contributed by atoms with Crippen molar-refractivity contribution < 1.29 is 34.6 Å². The molecule has 0 saturated carbocycles. The number of aromatic nitrogens is 2. The molecule has 1 aromatic carbocycles. The van der Waals surface area contributed by atoms with Crippen molar-refractivity contribution in [1.29, 1.82) is 0 Å². The Hall–Kier alpha value is -2.08. The molecule has 1 saturated heterocycles. The molecule has 2 aromatic rings. The zero-order valence-electron chi connectivity index (χ0n) is 20.8. The minimum atomic E-state index is -1.50. The number of ether oxygens (including phenoxy) is 3. The number of benzene rings is 1. The van der Waals surface area contributed by atoms with E-state index in [-0.39, 0.29) is 25.1 Å². The summed E-state index contributed by atoms with van der Waals surface area (Å²) >= 11 is 7.63. The summed E-state index contributed by atoms with van der Waals surface area (Å²) in [6.07, 6.45) is -1.78. The van der Waals surface area contributed by atoms with Crippen molar-refractivity contribution in [1.82, 2.24) is 19.4 Å². The summed E-state index contributed by atoms with van der Waals surface area (Å²) in [5.74, 6) is 0.270. The van der Waals surface area contributed by atoms with Crippen LogP contribution in [0.3, 0.4) is 0 Å². The Bertz CT molecular complexity index is 1140. The molecule has 0 radical (unpaired) electrons. The third kappa shape index (κ3) is 8.96. The van der Waals surface area contributed by atoms with E-state index in [1.165, 1.54) is 0 Å². The van der Waals surface area contributed by atoms with Crippen molar-refractivity contribution in [3.8, 4) is 6.01 Å². The van der Waals surface area contributed by atoms with Crippen LogP contribution in [0, 0.1) is 0 Å². The second-order valence-electron chi connectivity index (χ2n) is 8.01. The summed E-state index contributed by atoms with van der Waals surface area (Å²) in [7, 11) is 0. The van der Waals surface area contributed by atoms with Gasteiger partial charge in [-0.3, -0.25) is 0 Å². The van der Waals surface area contributed by atoms with E-state index in [1.54, 1.807) is 25.5 Å². The minimum Gasteiger partial charge on any atom is -0.474 e. The van der Waals surface area contributed by atoms with Gasteiger partial charge in [0.15, 0.2) is 0 Å². The molecule has 0 aliphatic carbocycles. The highest BCUT2D eigenvalue weighted by atomic mass is 79.9. The van der Waals surface area contributed by atoms with Crippen molar-refractivity contribution in [3.63, 3.8) is 0 Å². The topological polar surface area (TPSA) is 171 Å². The molecule has 3 rings (SSSR count). The predicted octanol–water partition coefficient (Wildman–Crippen LogP) is 1.91. The van der Waals surface area contributed by atoms with Gasteiger partial charge in [-0.1, -0.05) is 34.6 Å². The number of hydrogen-bond acceptors (Lipinski definition) is 13. The van der Waals surface area contributed by atoms with E-state index < -0.39 is 37.3 Å². The molecule has 12 nitrogen and oxygen atoms in total. The summed E-state index contributed by atoms with van der Waals surface area (Å²) < 4.78 is 24.4. The van der Waals surface area contributed by atoms with Crippen molar-refractivity contribution in [2.24, 2.45) is 4.99 Å². The maximum Gasteiger partial charge on any atom is 0.316 e. The van der Waals surface area contributed by atoms with Crippen molar-refractivity contribution in [2.75, 3.05) is 19.8 Å². The first-order valence-electron chi connectivity index (χ1n) is 11.6. The van der Waals surface area contributed by atoms with Gasteiger partial charge in [0.05, 0.1) is 22.3 Å². The first-order valence-corrected chi connectivity index (χ1v) is 14.0. The fourth-order valence-electron chi connectivity index (χ4n) is 3.38. The van der Waals surface area contributed by atoms with Gasteiger partial charge in [-0.25, -0.2) is 19.7 Å². The van der Waals surface area contributed by atoms with E-state index in [4.69, 9.17) is 14.2 Å². The predicted molar refractivity (Wildman–Crippen MR) is 153 cm³/mol. The highest BCUT2D eigenvalue weighted by Gasteiger charge is 2.43. The maximum absolute atomic E-state index is 10.3. The van der Waals surface area contributed by atoms with Crippen molar-refractivity contribution in [2.45, 2.75) is 37.6 Å². The summed E-state index contributed by atoms with van der Waals surface area (Å²) in [5.41, 5.74) is 1.70. The Balaban J connectivity index is 1.71. The summed E-state index contributed by atoms with van der Waals surface area (Å²) in [4.78, 5) is 12.5. The first-order chi connectivity index (χ1) is 18.7. The smallest absolute Gasteiger partial charge is 0.316 e. The minimum absolute atomic E-state index is 0.135. The summed E-state index contributed by atoms with van der Waals surface area (Å²) in [6.45, 7) is 5.63. The first kappa shape index (κ1) is 31.4. The van der Waals surface area contributed by atoms with Crippen LogP contribution >= 0.6 is 44.0 Å². The molecular weight excluding hydrogens is 662 g/mol. The SMILES string of the molecule is C=C(NSNC1OC(CO)C(O)C(O)C1O)/C(=C(\N=C/C)OCCOc1ncc(Br)cn1)c1ccc(Br)cc1. The number of nitrogens with one attached hydrogen (secondary N) is 2. The standard InChI is InChI=1S/C24H29Br2N5O7S/c1-3-27-22(36-8-9-37-24-28-10-16(26)11-29-24)18(14-4-6-15(25)7-5-14)13(2)30-39-31-23-21(35)20(34)19(33)17(12-32)38-23/h3-7,10-11,17,19-21,23,30-35H,2,8-9,12H2,1H3/b22-18-,27-3-. The Morgan fingerprint density at radius 2 is 1.79 bits per heavy atom. The van der Waals surface area contributed by atoms with Gasteiger partial charge in [-0.15, -0.1) is 0 Å². The third-order valence-corrected chi connectivity index (χ3v) is 6.92. The van der Waals surface area contributed by atoms with Crippen LogP contribution in [-0.2, 0) is 9.47 Å². The normalized spacial score (nSPS) is 23.8. The van der Waals surface area contributed by atoms with Crippen LogP contribution in [-0.4, -0.2) is 87.1 Å². The van der Waals surface area contributed by atoms with Gasteiger partial charge in [0.2, 0.25) is 5.88 Å². The zero-order valence-corrected chi connectivity index (χ0v) is 24.8. The number of allylic oxidation sites excluding steroid dienone is 1. The summed E-state index contributed by atoms with van der Waals surface area (Å²) in [6, 6.07) is 7.67. The number of aliphatic imine (C=N–C) groups is 1. The van der Waals surface area contributed by atoms with Gasteiger partial charge in [0.25, 0.3) is 0 Å². The van der Waals surface area contributed by atoms with Gasteiger partial charge in [0, 0.05) is 35.2 Å². The lowest BCUT2D eigenvalue weighted by atomic mass is 9.99. The highest BCUT2D eigenvalue weighted by Crippen LogP contribution is 2.29. The average Bonchev–Trinajstić information content (AvgIpc) is 2.93. The number of rotatable bonds is 13. The maximum atomic E-state index is 10.3. The second-order valence-corrected chi connectivity index (χ2v) is 10.5. The van der Waals surface area contributed by atoms with E-state index in [0.717, 1.165) is 26.6 Å². The molecular formula is C24H29Br2N5O7S. The van der Waals surface area contributed by atoms with Gasteiger partial charge >= 0.3 is 6.01 Å². The largest absolute Gasteiger partial charge is 0.474 e. The monoisotopic (exact) mass is 689 g/mol. The number of hydrogen-bond donors (Lipinski definition) is 6. The summed E-state index contributed by atoms with van der Waals surface area (Å²) in [5, 5.41) is 39.6. The van der Waals surface area contributed by atoms with Crippen LogP contribution in [0.2, 0.25) is 0 Å². The average molecular weight is 691 g/mol. The molecule has 5 atom stereocenters. The Labute approximate surface area is 246 Å². The lowest BCUT2D eigenvalue weighted by molar-refractivity contribution is -0.231. The fourth-order valence-corrected chi connectivity index (χ4v) is 4.44. The molecule has 2 heterocycles. The molecule has 6 N–H and O–H groups in total. The number of halogens is 2. The van der Waals surface area contributed by atoms with Crippen LogP contribution in [0.1, 0.15) is 12.5 Å². The van der Waals surface area contributed by atoms with E-state index in [0.29, 0.717) is 11.3 Å². The van der Waals surface area contributed by atoms with Crippen molar-refractivity contribution >= 4 is 55.8 Å². The molecule has 1 aliphatic rings. The molecule has 212 valence electrons. The molecule has 39 heavy (non-hydrogen) atoms. The second kappa shape index (κ2) is 15.6. The molecule has 1 fully saturated rings. The van der Waals surface area contributed by atoms with Crippen LogP contribution in [0.25, 0.3) is 5.57 Å². The number of nitrogens with zero attached hydrogens (tertiary/aromatic N) is 3. The van der Waals surface area contributed by atoms with Crippen LogP contribution in [0.15, 0.2) is 68.8 Å². The van der Waals surface area contributed by atoms with E-state index in [1.807, 2.05) is 24.3 Å². The molecule has 1 aliphatic heterocycles. The number of aliphatic hydroxyl groups is 4. The Morgan fingerprint density at radius 3 is 2.44 bits per heavy atom. The quantitative estimate of drug-likeness (QED) is 0.0594. The van der Waals surface area contributed by atoms with Gasteiger partial charge in [0.1, 0.15) is 43.9 Å². The molecule has 0 spiro atoms. The van der Waals surface area contributed by atoms with Gasteiger partial charge in [-0.05, 0) is 40.5 Å². The molecule has 15 heteroatoms. The molecule has 0 amide bonds. The van der Waals surface area contributed by atoms with Gasteiger partial charge < -0.3 is 39.4 Å². The number of aliphatic hydroxyl groups excluding tert-OH is 4. The Kier molecular flexibility index (Phi) is 12.6. The fraction of sp³-hybridized carbons (Fsp3) is 0.375. The lowest BCUT2D eigenvalue weighted by Gasteiger charge is -2.39. The molecule has 1 aromatic heterocycles. The van der Waals surface area contributed by atoms with Gasteiger partial charge in [-0.2, -0.15) is 0 Å². The zero-order chi connectivity index (χ0) is 28.4. The molecule has 5 unspecified atom stereocenters.